The molecule has 1 fully saturated rings. The van der Waals surface area contributed by atoms with E-state index in [-0.39, 0.29) is 29.7 Å². The summed E-state index contributed by atoms with van der Waals surface area (Å²) in [5, 5.41) is 0. The van der Waals surface area contributed by atoms with Crippen molar-refractivity contribution >= 4 is 29.4 Å². The maximum atomic E-state index is 12.3. The molecule has 0 bridgehead atoms. The summed E-state index contributed by atoms with van der Waals surface area (Å²) >= 11 is 0. The molecular weight excluding hydrogens is 264 g/mol. The smallest absolute Gasteiger partial charge is 0.337 e. The van der Waals surface area contributed by atoms with Gasteiger partial charge in [-0.15, -0.1) is 0 Å². The minimum atomic E-state index is -1.07. The molecule has 3 rings (SSSR count). The molecule has 2 heterocycles. The average Bonchev–Trinajstić information content (AvgIpc) is 2.64. The number of esters is 2. The molecule has 0 spiro atoms. The number of anilines is 1. The summed E-state index contributed by atoms with van der Waals surface area (Å²) in [6.45, 7) is 0. The number of hydrogen-bond acceptors (Lipinski definition) is 6. The van der Waals surface area contributed by atoms with Gasteiger partial charge in [-0.3, -0.25) is 19.3 Å². The molecule has 1 aromatic rings. The van der Waals surface area contributed by atoms with Crippen LogP contribution in [0.1, 0.15) is 33.6 Å². The number of fused-ring (bicyclic) bond motifs is 1. The summed E-state index contributed by atoms with van der Waals surface area (Å²) in [6, 6.07) is 3.48. The monoisotopic (exact) mass is 274 g/mol. The van der Waals surface area contributed by atoms with Gasteiger partial charge in [0.2, 0.25) is 0 Å². The molecular formula is C13H10N2O5. The van der Waals surface area contributed by atoms with Crippen LogP contribution in [0.3, 0.4) is 0 Å². The van der Waals surface area contributed by atoms with Gasteiger partial charge in [0.05, 0.1) is 11.1 Å². The average molecular weight is 274 g/mol. The van der Waals surface area contributed by atoms with Crippen LogP contribution in [-0.2, 0) is 14.3 Å². The first-order chi connectivity index (χ1) is 9.50. The van der Waals surface area contributed by atoms with E-state index in [1.165, 1.54) is 12.1 Å². The van der Waals surface area contributed by atoms with Crippen LogP contribution in [0.4, 0.5) is 5.69 Å². The second-order valence-electron chi connectivity index (χ2n) is 4.60. The standard InChI is InChI=1S/C13H10N2O5/c14-7-3-1-2-6-10(7)12(18)15(11(6)17)8-4-5-9(16)20-13(8)19/h1-3,8H,4-5,14H2. The number of hydrogen-bond donors (Lipinski definition) is 1. The van der Waals surface area contributed by atoms with Crippen molar-refractivity contribution in [2.75, 3.05) is 5.73 Å². The molecule has 1 saturated heterocycles. The van der Waals surface area contributed by atoms with Crippen molar-refractivity contribution in [1.82, 2.24) is 4.90 Å². The van der Waals surface area contributed by atoms with Gasteiger partial charge in [-0.05, 0) is 18.6 Å². The maximum Gasteiger partial charge on any atom is 0.337 e. The van der Waals surface area contributed by atoms with Crippen LogP contribution in [0.2, 0.25) is 0 Å². The lowest BCUT2D eigenvalue weighted by Crippen LogP contribution is -2.48. The van der Waals surface area contributed by atoms with E-state index in [2.05, 4.69) is 4.74 Å². The predicted octanol–water partition coefficient (Wildman–Crippen LogP) is 0.0970. The third-order valence-electron chi connectivity index (χ3n) is 3.40. The van der Waals surface area contributed by atoms with E-state index in [1.807, 2.05) is 0 Å². The van der Waals surface area contributed by atoms with E-state index in [1.54, 1.807) is 6.07 Å². The lowest BCUT2D eigenvalue weighted by atomic mass is 10.1. The first kappa shape index (κ1) is 12.3. The van der Waals surface area contributed by atoms with E-state index >= 15 is 0 Å². The van der Waals surface area contributed by atoms with Gasteiger partial charge in [0.1, 0.15) is 6.04 Å². The number of amides is 2. The Kier molecular flexibility index (Phi) is 2.56. The van der Waals surface area contributed by atoms with Gasteiger partial charge >= 0.3 is 11.9 Å². The highest BCUT2D eigenvalue weighted by atomic mass is 16.6. The van der Waals surface area contributed by atoms with Gasteiger partial charge < -0.3 is 10.5 Å². The highest BCUT2D eigenvalue weighted by Gasteiger charge is 2.46. The molecule has 1 atom stereocenters. The van der Waals surface area contributed by atoms with Crippen LogP contribution in [0, 0.1) is 0 Å². The summed E-state index contributed by atoms with van der Waals surface area (Å²) < 4.78 is 4.48. The number of carbonyl (C=O) groups is 4. The van der Waals surface area contributed by atoms with E-state index in [0.717, 1.165) is 4.90 Å². The Hall–Kier alpha value is -2.70. The highest BCUT2D eigenvalue weighted by molar-refractivity contribution is 6.25. The van der Waals surface area contributed by atoms with E-state index < -0.39 is 29.8 Å². The van der Waals surface area contributed by atoms with Crippen molar-refractivity contribution in [3.63, 3.8) is 0 Å². The number of rotatable bonds is 1. The number of nitrogens with zero attached hydrogens (tertiary/aromatic N) is 1. The zero-order chi connectivity index (χ0) is 14.4. The Morgan fingerprint density at radius 1 is 1.15 bits per heavy atom. The van der Waals surface area contributed by atoms with E-state index in [9.17, 15) is 19.2 Å². The fraction of sp³-hybridized carbons (Fsp3) is 0.231. The van der Waals surface area contributed by atoms with E-state index in [0.29, 0.717) is 0 Å². The molecule has 102 valence electrons. The fourth-order valence-electron chi connectivity index (χ4n) is 2.45. The quantitative estimate of drug-likeness (QED) is 0.337. The SMILES string of the molecule is Nc1cccc2c1C(=O)N(C1CCC(=O)OC1=O)C2=O. The lowest BCUT2D eigenvalue weighted by Gasteiger charge is -2.26. The molecule has 0 aromatic heterocycles. The Balaban J connectivity index is 2.00. The number of cyclic esters (lactones) is 2. The van der Waals surface area contributed by atoms with Crippen molar-refractivity contribution in [1.29, 1.82) is 0 Å². The number of carbonyl (C=O) groups excluding carboxylic acids is 4. The Bertz CT molecular complexity index is 667. The number of nitrogen functional groups attached to an aromatic ring is 1. The molecule has 0 aliphatic carbocycles. The molecule has 7 heteroatoms. The largest absolute Gasteiger partial charge is 0.398 e. The van der Waals surface area contributed by atoms with Crippen molar-refractivity contribution in [3.05, 3.63) is 29.3 Å². The molecule has 2 aliphatic heterocycles. The third-order valence-corrected chi connectivity index (χ3v) is 3.40. The van der Waals surface area contributed by atoms with Gasteiger partial charge in [0.15, 0.2) is 0 Å². The van der Waals surface area contributed by atoms with Crippen molar-refractivity contribution < 1.29 is 23.9 Å². The predicted molar refractivity (Wildman–Crippen MR) is 65.5 cm³/mol. The van der Waals surface area contributed by atoms with Crippen LogP contribution in [0.15, 0.2) is 18.2 Å². The third kappa shape index (κ3) is 1.59. The van der Waals surface area contributed by atoms with Crippen molar-refractivity contribution in [3.8, 4) is 0 Å². The number of imide groups is 1. The fourth-order valence-corrected chi connectivity index (χ4v) is 2.45. The zero-order valence-corrected chi connectivity index (χ0v) is 10.3. The molecule has 2 amide bonds. The van der Waals surface area contributed by atoms with Crippen molar-refractivity contribution in [2.24, 2.45) is 0 Å². The van der Waals surface area contributed by atoms with Crippen LogP contribution in [0.25, 0.3) is 0 Å². The summed E-state index contributed by atoms with van der Waals surface area (Å²) in [7, 11) is 0. The normalized spacial score (nSPS) is 22.0. The topological polar surface area (TPSA) is 107 Å². The van der Waals surface area contributed by atoms with Crippen LogP contribution < -0.4 is 5.73 Å². The second kappa shape index (κ2) is 4.16. The molecule has 7 nitrogen and oxygen atoms in total. The zero-order valence-electron chi connectivity index (χ0n) is 10.3. The summed E-state index contributed by atoms with van der Waals surface area (Å²) in [5.74, 6) is -2.75. The molecule has 1 aromatic carbocycles. The molecule has 1 unspecified atom stereocenters. The van der Waals surface area contributed by atoms with Crippen LogP contribution in [-0.4, -0.2) is 34.7 Å². The molecule has 2 aliphatic rings. The minimum absolute atomic E-state index is 0.0146. The number of ether oxygens (including phenoxy) is 1. The van der Waals surface area contributed by atoms with Gasteiger partial charge in [0.25, 0.3) is 11.8 Å². The molecule has 0 radical (unpaired) electrons. The van der Waals surface area contributed by atoms with Crippen LogP contribution in [0.5, 0.6) is 0 Å². The number of nitrogens with two attached hydrogens (primary N) is 1. The second-order valence-corrected chi connectivity index (χ2v) is 4.60. The maximum absolute atomic E-state index is 12.3. The molecule has 20 heavy (non-hydrogen) atoms. The minimum Gasteiger partial charge on any atom is -0.398 e. The Labute approximate surface area is 113 Å². The molecule has 0 saturated carbocycles. The van der Waals surface area contributed by atoms with Gasteiger partial charge in [-0.2, -0.15) is 0 Å². The van der Waals surface area contributed by atoms with Crippen LogP contribution >= 0.6 is 0 Å². The highest BCUT2D eigenvalue weighted by Crippen LogP contribution is 2.31. The summed E-state index contributed by atoms with van der Waals surface area (Å²) in [6.07, 6.45) is 0.0579. The summed E-state index contributed by atoms with van der Waals surface area (Å²) in [4.78, 5) is 48.1. The van der Waals surface area contributed by atoms with Gasteiger partial charge in [-0.1, -0.05) is 6.07 Å². The molecule has 2 N–H and O–H groups in total. The lowest BCUT2D eigenvalue weighted by molar-refractivity contribution is -0.167. The number of benzene rings is 1. The summed E-state index contributed by atoms with van der Waals surface area (Å²) in [5.41, 5.74) is 6.15. The van der Waals surface area contributed by atoms with Crippen molar-refractivity contribution in [2.45, 2.75) is 18.9 Å². The first-order valence-corrected chi connectivity index (χ1v) is 6.01. The van der Waals surface area contributed by atoms with Gasteiger partial charge in [-0.25, -0.2) is 4.79 Å². The first-order valence-electron chi connectivity index (χ1n) is 6.01. The Morgan fingerprint density at radius 3 is 2.55 bits per heavy atom. The van der Waals surface area contributed by atoms with E-state index in [4.69, 9.17) is 5.73 Å². The van der Waals surface area contributed by atoms with Gasteiger partial charge in [0, 0.05) is 12.1 Å². The Morgan fingerprint density at radius 2 is 1.90 bits per heavy atom.